The number of nitrogens with one attached hydrogen (secondary N) is 1. The number of rotatable bonds is 0. The zero-order valence-electron chi connectivity index (χ0n) is 9.98. The zero-order chi connectivity index (χ0) is 10.3. The van der Waals surface area contributed by atoms with Crippen molar-refractivity contribution in [3.63, 3.8) is 0 Å². The second-order valence-corrected chi connectivity index (χ2v) is 3.59. The van der Waals surface area contributed by atoms with Crippen LogP contribution in [0.2, 0.25) is 0 Å². The largest absolute Gasteiger partial charge is 0.315 e. The minimum absolute atomic E-state index is 0.703. The van der Waals surface area contributed by atoms with Crippen molar-refractivity contribution in [1.29, 1.82) is 0 Å². The summed E-state index contributed by atoms with van der Waals surface area (Å²) in [7, 11) is 2.22. The summed E-state index contributed by atoms with van der Waals surface area (Å²) in [5.41, 5.74) is 0.703. The van der Waals surface area contributed by atoms with Gasteiger partial charge in [-0.05, 0) is 20.0 Å². The van der Waals surface area contributed by atoms with Crippen LogP contribution in [-0.4, -0.2) is 38.1 Å². The van der Waals surface area contributed by atoms with Crippen LogP contribution in [0.3, 0.4) is 0 Å². The van der Waals surface area contributed by atoms with Gasteiger partial charge in [0.2, 0.25) is 0 Å². The second kappa shape index (κ2) is 6.39. The molecule has 0 radical (unpaired) electrons. The van der Waals surface area contributed by atoms with Gasteiger partial charge in [0.05, 0.1) is 0 Å². The second-order valence-electron chi connectivity index (χ2n) is 3.59. The lowest BCUT2D eigenvalue weighted by atomic mass is 9.81. The Balaban J connectivity index is 0.000000322. The van der Waals surface area contributed by atoms with Gasteiger partial charge in [0.15, 0.2) is 0 Å². The fourth-order valence-corrected chi connectivity index (χ4v) is 1.93. The Bertz CT molecular complexity index is 119. The number of likely N-dealkylation sites (tertiary alicyclic amines) is 1. The Kier molecular flexibility index (Phi) is 6.35. The average molecular weight is 186 g/mol. The van der Waals surface area contributed by atoms with E-state index in [4.69, 9.17) is 0 Å². The molecule has 0 aromatic carbocycles. The SMILES string of the molecule is CC.CC.CN1CCC2(CNC2)C1. The molecule has 0 bridgehead atoms. The van der Waals surface area contributed by atoms with E-state index < -0.39 is 0 Å². The lowest BCUT2D eigenvalue weighted by molar-refractivity contribution is 0.177. The molecule has 2 rings (SSSR count). The first-order valence-corrected chi connectivity index (χ1v) is 5.70. The Morgan fingerprint density at radius 2 is 1.62 bits per heavy atom. The molecule has 2 heterocycles. The van der Waals surface area contributed by atoms with Crippen molar-refractivity contribution in [3.8, 4) is 0 Å². The molecule has 0 atom stereocenters. The van der Waals surface area contributed by atoms with Gasteiger partial charge in [-0.3, -0.25) is 0 Å². The third-order valence-corrected chi connectivity index (χ3v) is 2.63. The maximum Gasteiger partial charge on any atom is 0.00917 e. The lowest BCUT2D eigenvalue weighted by Gasteiger charge is -2.38. The van der Waals surface area contributed by atoms with Gasteiger partial charge in [0.1, 0.15) is 0 Å². The Morgan fingerprint density at radius 1 is 1.08 bits per heavy atom. The van der Waals surface area contributed by atoms with Gasteiger partial charge in [0.25, 0.3) is 0 Å². The van der Waals surface area contributed by atoms with Crippen molar-refractivity contribution < 1.29 is 0 Å². The molecule has 0 unspecified atom stereocenters. The van der Waals surface area contributed by atoms with Crippen molar-refractivity contribution in [3.05, 3.63) is 0 Å². The molecule has 2 heteroatoms. The first-order valence-electron chi connectivity index (χ1n) is 5.70. The molecule has 2 fully saturated rings. The van der Waals surface area contributed by atoms with Gasteiger partial charge in [0, 0.05) is 25.0 Å². The van der Waals surface area contributed by atoms with Crippen LogP contribution in [-0.2, 0) is 0 Å². The molecule has 0 aromatic heterocycles. The molecule has 1 N–H and O–H groups in total. The van der Waals surface area contributed by atoms with Crippen molar-refractivity contribution in [2.75, 3.05) is 33.2 Å². The van der Waals surface area contributed by atoms with Crippen LogP contribution in [0, 0.1) is 5.41 Å². The first kappa shape index (κ1) is 12.9. The van der Waals surface area contributed by atoms with E-state index >= 15 is 0 Å². The summed E-state index contributed by atoms with van der Waals surface area (Å²) in [6.07, 6.45) is 1.41. The van der Waals surface area contributed by atoms with Gasteiger partial charge >= 0.3 is 0 Å². The summed E-state index contributed by atoms with van der Waals surface area (Å²) in [6.45, 7) is 13.1. The van der Waals surface area contributed by atoms with Crippen molar-refractivity contribution in [2.24, 2.45) is 5.41 Å². The summed E-state index contributed by atoms with van der Waals surface area (Å²) in [5, 5.41) is 3.34. The molecule has 0 aliphatic carbocycles. The van der Waals surface area contributed by atoms with Crippen LogP contribution in [0.4, 0.5) is 0 Å². The standard InChI is InChI=1S/C7H14N2.2C2H6/c1-9-3-2-7(6-9)4-8-5-7;2*1-2/h8H,2-6H2,1H3;2*1-2H3. The monoisotopic (exact) mass is 186 g/mol. The van der Waals surface area contributed by atoms with Gasteiger partial charge in [-0.25, -0.2) is 0 Å². The zero-order valence-corrected chi connectivity index (χ0v) is 9.98. The summed E-state index contributed by atoms with van der Waals surface area (Å²) < 4.78 is 0. The normalized spacial score (nSPS) is 23.8. The van der Waals surface area contributed by atoms with Crippen LogP contribution in [0.5, 0.6) is 0 Å². The van der Waals surface area contributed by atoms with Gasteiger partial charge in [-0.15, -0.1) is 0 Å². The summed E-state index contributed by atoms with van der Waals surface area (Å²) in [6, 6.07) is 0. The van der Waals surface area contributed by atoms with E-state index in [9.17, 15) is 0 Å². The quantitative estimate of drug-likeness (QED) is 0.622. The summed E-state index contributed by atoms with van der Waals surface area (Å²) in [5.74, 6) is 0. The molecule has 0 amide bonds. The number of hydrogen-bond donors (Lipinski definition) is 1. The summed E-state index contributed by atoms with van der Waals surface area (Å²) in [4.78, 5) is 2.43. The number of hydrogen-bond acceptors (Lipinski definition) is 2. The molecule has 2 nitrogen and oxygen atoms in total. The molecule has 2 aliphatic heterocycles. The van der Waals surface area contributed by atoms with E-state index in [1.807, 2.05) is 27.7 Å². The topological polar surface area (TPSA) is 15.3 Å². The van der Waals surface area contributed by atoms with Crippen LogP contribution >= 0.6 is 0 Å². The molecule has 2 saturated heterocycles. The Labute approximate surface area is 83.7 Å². The van der Waals surface area contributed by atoms with E-state index in [2.05, 4.69) is 17.3 Å². The smallest absolute Gasteiger partial charge is 0.00917 e. The van der Waals surface area contributed by atoms with E-state index in [1.165, 1.54) is 32.6 Å². The van der Waals surface area contributed by atoms with Crippen LogP contribution in [0.1, 0.15) is 34.1 Å². The van der Waals surface area contributed by atoms with E-state index in [-0.39, 0.29) is 0 Å². The molecular formula is C11H26N2. The molecule has 2 aliphatic rings. The molecule has 80 valence electrons. The van der Waals surface area contributed by atoms with E-state index in [0.29, 0.717) is 5.41 Å². The van der Waals surface area contributed by atoms with Gasteiger partial charge in [-0.2, -0.15) is 0 Å². The van der Waals surface area contributed by atoms with E-state index in [0.717, 1.165) is 0 Å². The minimum Gasteiger partial charge on any atom is -0.315 e. The summed E-state index contributed by atoms with van der Waals surface area (Å²) >= 11 is 0. The van der Waals surface area contributed by atoms with Crippen molar-refractivity contribution in [1.82, 2.24) is 10.2 Å². The highest BCUT2D eigenvalue weighted by Crippen LogP contribution is 2.32. The molecule has 13 heavy (non-hydrogen) atoms. The minimum atomic E-state index is 0.703. The third-order valence-electron chi connectivity index (χ3n) is 2.63. The molecular weight excluding hydrogens is 160 g/mol. The van der Waals surface area contributed by atoms with Crippen LogP contribution < -0.4 is 5.32 Å². The first-order chi connectivity index (χ1) is 6.31. The molecule has 0 saturated carbocycles. The fraction of sp³-hybridized carbons (Fsp3) is 1.00. The predicted octanol–water partition coefficient (Wildman–Crippen LogP) is 1.96. The third kappa shape index (κ3) is 3.28. The van der Waals surface area contributed by atoms with Crippen molar-refractivity contribution >= 4 is 0 Å². The highest BCUT2D eigenvalue weighted by molar-refractivity contribution is 4.98. The highest BCUT2D eigenvalue weighted by Gasteiger charge is 2.41. The lowest BCUT2D eigenvalue weighted by Crippen LogP contribution is -2.54. The maximum atomic E-state index is 3.34. The van der Waals surface area contributed by atoms with Gasteiger partial charge < -0.3 is 10.2 Å². The number of nitrogens with zero attached hydrogens (tertiary/aromatic N) is 1. The highest BCUT2D eigenvalue weighted by atomic mass is 15.2. The average Bonchev–Trinajstić information content (AvgIpc) is 2.54. The van der Waals surface area contributed by atoms with Crippen LogP contribution in [0.15, 0.2) is 0 Å². The predicted molar refractivity (Wildman–Crippen MR) is 60.1 cm³/mol. The maximum absolute atomic E-state index is 3.34. The van der Waals surface area contributed by atoms with E-state index in [1.54, 1.807) is 0 Å². The molecule has 1 spiro atoms. The van der Waals surface area contributed by atoms with Crippen molar-refractivity contribution in [2.45, 2.75) is 34.1 Å². The van der Waals surface area contributed by atoms with Crippen LogP contribution in [0.25, 0.3) is 0 Å². The molecule has 0 aromatic rings. The Morgan fingerprint density at radius 3 is 1.77 bits per heavy atom. The van der Waals surface area contributed by atoms with Gasteiger partial charge in [-0.1, -0.05) is 27.7 Å². The Hall–Kier alpha value is -0.0800. The fourth-order valence-electron chi connectivity index (χ4n) is 1.93.